The van der Waals surface area contributed by atoms with Gasteiger partial charge in [-0.05, 0) is 261 Å². The van der Waals surface area contributed by atoms with E-state index in [0.29, 0.717) is 0 Å². The summed E-state index contributed by atoms with van der Waals surface area (Å²) in [6.07, 6.45) is 0. The van der Waals surface area contributed by atoms with E-state index in [9.17, 15) is 0 Å². The molecule has 2 nitrogen and oxygen atoms in total. The molecular formula is C99H100BBrO2. The zero-order valence-electron chi connectivity index (χ0n) is 64.9. The van der Waals surface area contributed by atoms with Crippen molar-refractivity contribution in [1.29, 1.82) is 0 Å². The molecule has 3 aliphatic carbocycles. The smallest absolute Gasteiger partial charge is 0.399 e. The molecule has 0 bridgehead atoms. The molecule has 518 valence electrons. The number of fused-ring (bicyclic) bond motifs is 9. The van der Waals surface area contributed by atoms with Gasteiger partial charge in [0.05, 0.1) is 11.2 Å². The van der Waals surface area contributed by atoms with Crippen LogP contribution in [0.3, 0.4) is 0 Å². The predicted octanol–water partition coefficient (Wildman–Crippen LogP) is 27.4. The SMILES string of the molecule is CC(C)(C)c1cc2ccc3ccc(B4OC(C)(C)C(C)(C)O4)c4ccc(c1)c2c34.CC(C)(C)c1ccc2c(c1)C(C)(C)c1cc(-c3ccc4c(c3)C(C)(C)c3cc(Br)ccc3-4)ccc1-2.CC(C)(C)c1ccc2c(c1)C(C)(C)c1cc(-c3ccc4ccc5cc(C(C)(C)C)cc6ccc3c4c56)ccc1-2. The molecule has 0 saturated carbocycles. The Morgan fingerprint density at radius 2 is 0.563 bits per heavy atom. The van der Waals surface area contributed by atoms with Gasteiger partial charge < -0.3 is 9.31 Å². The molecule has 0 spiro atoms. The molecule has 14 aromatic carbocycles. The van der Waals surface area contributed by atoms with Crippen molar-refractivity contribution < 1.29 is 9.31 Å². The fraction of sp³-hybridized carbons (Fsp3) is 0.313. The van der Waals surface area contributed by atoms with Crippen LogP contribution in [-0.2, 0) is 47.2 Å². The molecule has 4 heteroatoms. The number of benzene rings is 14. The standard InChI is InChI=1S/C39H38.C34H33Br.C26H29BO2/c1-37(2,3)27-14-18-31-30-16-12-24(21-33(30)39(7,8)34(31)22-27)29-15-11-23-9-10-25-19-28(38(4,5)6)20-26-13-17-32(29)36(23)35(25)26;1-32(2,3)22-10-14-26-24-12-8-20(16-28(24)33(4,5)30(26)18-22)21-9-13-25-27-15-11-23(35)19-31(27)34(6,7)29(25)17-21;1-24(2,3)19-14-17-9-8-16-11-13-21(27-28-25(4,5)26(6,7)29-27)20-12-10-18(15-19)22(17)23(16)20/h9-22H,1-8H3;8-19H,1-7H3;8-15H,1-7H3. The molecule has 4 aliphatic rings. The van der Waals surface area contributed by atoms with E-state index in [1.54, 1.807) is 0 Å². The molecule has 1 heterocycles. The summed E-state index contributed by atoms with van der Waals surface area (Å²) >= 11 is 3.68. The van der Waals surface area contributed by atoms with Gasteiger partial charge in [0.15, 0.2) is 0 Å². The third-order valence-corrected chi connectivity index (χ3v) is 25.3. The molecule has 1 fully saturated rings. The van der Waals surface area contributed by atoms with Crippen molar-refractivity contribution in [2.45, 2.75) is 201 Å². The van der Waals surface area contributed by atoms with Gasteiger partial charge in [-0.1, -0.05) is 316 Å². The highest BCUT2D eigenvalue weighted by molar-refractivity contribution is 9.10. The first-order valence-electron chi connectivity index (χ1n) is 37.6. The lowest BCUT2D eigenvalue weighted by Crippen LogP contribution is -2.41. The van der Waals surface area contributed by atoms with Crippen LogP contribution in [0.25, 0.3) is 120 Å². The Labute approximate surface area is 621 Å². The monoisotopic (exact) mass is 1410 g/mol. The van der Waals surface area contributed by atoms with Crippen LogP contribution in [0, 0.1) is 0 Å². The fourth-order valence-electron chi connectivity index (χ4n) is 17.6. The first-order valence-corrected chi connectivity index (χ1v) is 38.4. The van der Waals surface area contributed by atoms with Crippen molar-refractivity contribution in [3.63, 3.8) is 0 Å². The first-order chi connectivity index (χ1) is 48.2. The van der Waals surface area contributed by atoms with Crippen molar-refractivity contribution in [1.82, 2.24) is 0 Å². The zero-order chi connectivity index (χ0) is 73.2. The number of hydrogen-bond donors (Lipinski definition) is 0. The summed E-state index contributed by atoms with van der Waals surface area (Å²) in [5.74, 6) is 0. The second kappa shape index (κ2) is 23.1. The van der Waals surface area contributed by atoms with E-state index in [1.807, 2.05) is 0 Å². The van der Waals surface area contributed by atoms with Crippen LogP contribution < -0.4 is 5.46 Å². The molecular weight excluding hydrogens is 1310 g/mol. The second-order valence-electron chi connectivity index (χ2n) is 37.4. The van der Waals surface area contributed by atoms with Crippen molar-refractivity contribution >= 4 is 93.1 Å². The van der Waals surface area contributed by atoms with Crippen LogP contribution in [0.15, 0.2) is 211 Å². The van der Waals surface area contributed by atoms with Crippen molar-refractivity contribution in [2.75, 3.05) is 0 Å². The molecule has 0 radical (unpaired) electrons. The molecule has 103 heavy (non-hydrogen) atoms. The summed E-state index contributed by atoms with van der Waals surface area (Å²) in [6, 6.07) is 79.1. The van der Waals surface area contributed by atoms with Crippen LogP contribution in [0.4, 0.5) is 0 Å². The lowest BCUT2D eigenvalue weighted by atomic mass is 9.74. The van der Waals surface area contributed by atoms with Crippen molar-refractivity contribution in [2.24, 2.45) is 0 Å². The molecule has 0 atom stereocenters. The quantitative estimate of drug-likeness (QED) is 0.130. The minimum atomic E-state index is -0.352. The Kier molecular flexibility index (Phi) is 15.5. The fourth-order valence-corrected chi connectivity index (χ4v) is 18.0. The van der Waals surface area contributed by atoms with E-state index >= 15 is 0 Å². The molecule has 14 aromatic rings. The molecule has 18 rings (SSSR count). The van der Waals surface area contributed by atoms with Gasteiger partial charge in [0.1, 0.15) is 0 Å². The van der Waals surface area contributed by atoms with Gasteiger partial charge in [-0.15, -0.1) is 0 Å². The number of rotatable bonds is 3. The Bertz CT molecular complexity index is 5790. The average molecular weight is 1410 g/mol. The van der Waals surface area contributed by atoms with Crippen LogP contribution in [-0.4, -0.2) is 18.3 Å². The topological polar surface area (TPSA) is 18.5 Å². The Morgan fingerprint density at radius 1 is 0.262 bits per heavy atom. The van der Waals surface area contributed by atoms with Gasteiger partial charge in [0, 0.05) is 20.7 Å². The summed E-state index contributed by atoms with van der Waals surface area (Å²) in [5.41, 5.74) is 28.6. The third-order valence-electron chi connectivity index (χ3n) is 24.8. The lowest BCUT2D eigenvalue weighted by molar-refractivity contribution is 0.00578. The van der Waals surface area contributed by atoms with Crippen molar-refractivity contribution in [3.8, 4) is 55.6 Å². The highest BCUT2D eigenvalue weighted by Gasteiger charge is 2.52. The summed E-state index contributed by atoms with van der Waals surface area (Å²) in [4.78, 5) is 0. The zero-order valence-corrected chi connectivity index (χ0v) is 66.5. The van der Waals surface area contributed by atoms with Gasteiger partial charge in [0.2, 0.25) is 0 Å². The molecule has 0 N–H and O–H groups in total. The van der Waals surface area contributed by atoms with Crippen LogP contribution >= 0.6 is 15.9 Å². The second-order valence-corrected chi connectivity index (χ2v) is 38.3. The van der Waals surface area contributed by atoms with Gasteiger partial charge >= 0.3 is 7.12 Å². The van der Waals surface area contributed by atoms with E-state index in [1.165, 1.54) is 176 Å². The maximum Gasteiger partial charge on any atom is 0.495 e. The summed E-state index contributed by atoms with van der Waals surface area (Å²) in [5, 5.41) is 15.9. The van der Waals surface area contributed by atoms with E-state index in [4.69, 9.17) is 9.31 Å². The summed E-state index contributed by atoms with van der Waals surface area (Å²) in [6.45, 7) is 50.2. The van der Waals surface area contributed by atoms with Gasteiger partial charge in [0.25, 0.3) is 0 Å². The molecule has 0 unspecified atom stereocenters. The summed E-state index contributed by atoms with van der Waals surface area (Å²) < 4.78 is 13.9. The normalized spacial score (nSPS) is 16.6. The first kappa shape index (κ1) is 69.0. The lowest BCUT2D eigenvalue weighted by Gasteiger charge is -2.32. The molecule has 0 aromatic heterocycles. The van der Waals surface area contributed by atoms with E-state index in [-0.39, 0.29) is 56.2 Å². The maximum atomic E-state index is 6.38. The van der Waals surface area contributed by atoms with E-state index in [2.05, 4.69) is 375 Å². The highest BCUT2D eigenvalue weighted by Crippen LogP contribution is 2.55. The predicted molar refractivity (Wildman–Crippen MR) is 449 cm³/mol. The highest BCUT2D eigenvalue weighted by atomic mass is 79.9. The van der Waals surface area contributed by atoms with Gasteiger partial charge in [-0.2, -0.15) is 0 Å². The largest absolute Gasteiger partial charge is 0.495 e. The van der Waals surface area contributed by atoms with Gasteiger partial charge in [-0.3, -0.25) is 0 Å². The summed E-state index contributed by atoms with van der Waals surface area (Å²) in [7, 11) is -0.352. The van der Waals surface area contributed by atoms with Gasteiger partial charge in [-0.25, -0.2) is 0 Å². The minimum absolute atomic E-state index is 0.0134. The molecule has 0 amide bonds. The Balaban J connectivity index is 0.000000121. The molecule has 1 aliphatic heterocycles. The van der Waals surface area contributed by atoms with E-state index < -0.39 is 0 Å². The van der Waals surface area contributed by atoms with Crippen LogP contribution in [0.1, 0.15) is 208 Å². The third kappa shape index (κ3) is 11.1. The Hall–Kier alpha value is -8.38. The number of hydrogen-bond acceptors (Lipinski definition) is 2. The minimum Gasteiger partial charge on any atom is -0.399 e. The van der Waals surface area contributed by atoms with Crippen LogP contribution in [0.5, 0.6) is 0 Å². The van der Waals surface area contributed by atoms with Crippen LogP contribution in [0.2, 0.25) is 0 Å². The van der Waals surface area contributed by atoms with Crippen molar-refractivity contribution in [3.05, 3.63) is 266 Å². The Morgan fingerprint density at radius 3 is 0.981 bits per heavy atom. The van der Waals surface area contributed by atoms with E-state index in [0.717, 1.165) is 9.94 Å². The molecule has 1 saturated heterocycles. The average Bonchev–Trinajstić information content (AvgIpc) is 1.71. The number of halogens is 1. The maximum absolute atomic E-state index is 6.38.